The van der Waals surface area contributed by atoms with Crippen LogP contribution in [0.2, 0.25) is 0 Å². The molecule has 0 fully saturated rings. The van der Waals surface area contributed by atoms with E-state index in [4.69, 9.17) is 13.9 Å². The Morgan fingerprint density at radius 1 is 0.897 bits per heavy atom. The molecule has 4 aromatic rings. The fourth-order valence-electron chi connectivity index (χ4n) is 5.00. The van der Waals surface area contributed by atoms with Crippen molar-refractivity contribution in [2.24, 2.45) is 5.92 Å². The van der Waals surface area contributed by atoms with Gasteiger partial charge in [-0.3, -0.25) is 0 Å². The van der Waals surface area contributed by atoms with Crippen LogP contribution in [0.4, 0.5) is 0 Å². The first-order chi connectivity index (χ1) is 14.0. The molecule has 0 N–H and O–H groups in total. The van der Waals surface area contributed by atoms with Crippen molar-refractivity contribution in [2.45, 2.75) is 25.4 Å². The van der Waals surface area contributed by atoms with E-state index in [9.17, 15) is 4.79 Å². The van der Waals surface area contributed by atoms with E-state index < -0.39 is 5.60 Å². The van der Waals surface area contributed by atoms with Gasteiger partial charge in [0.15, 0.2) is 0 Å². The lowest BCUT2D eigenvalue weighted by Crippen LogP contribution is -2.50. The summed E-state index contributed by atoms with van der Waals surface area (Å²) in [6.07, 6.45) is 0. The predicted octanol–water partition coefficient (Wildman–Crippen LogP) is 5.26. The van der Waals surface area contributed by atoms with Crippen LogP contribution in [0.5, 0.6) is 11.5 Å². The van der Waals surface area contributed by atoms with Crippen LogP contribution in [-0.2, 0) is 0 Å². The van der Waals surface area contributed by atoms with Crippen LogP contribution in [-0.4, -0.2) is 12.2 Å². The maximum atomic E-state index is 13.2. The van der Waals surface area contributed by atoms with E-state index in [0.29, 0.717) is 23.5 Å². The lowest BCUT2D eigenvalue weighted by Gasteiger charge is -2.47. The highest BCUT2D eigenvalue weighted by Crippen LogP contribution is 2.54. The minimum absolute atomic E-state index is 0.00244. The van der Waals surface area contributed by atoms with E-state index in [1.165, 1.54) is 0 Å². The van der Waals surface area contributed by atoms with Gasteiger partial charge in [-0.1, -0.05) is 42.5 Å². The van der Waals surface area contributed by atoms with Gasteiger partial charge in [-0.25, -0.2) is 4.79 Å². The standard InChI is InChI=1S/C25H20O4/c1-25(2)17-13-27-19-12-11-14-7-3-4-8-15(14)20(19)21(17)22-23(29-25)16-9-5-6-10-18(16)28-24(22)26/h3-12,17,21H,13H2,1-2H3/t17-,21-/m0/s1. The zero-order valence-electron chi connectivity index (χ0n) is 16.3. The fourth-order valence-corrected chi connectivity index (χ4v) is 5.00. The smallest absolute Gasteiger partial charge is 0.343 e. The van der Waals surface area contributed by atoms with Gasteiger partial charge in [0.2, 0.25) is 0 Å². The second kappa shape index (κ2) is 5.63. The van der Waals surface area contributed by atoms with Gasteiger partial charge in [-0.15, -0.1) is 0 Å². The minimum atomic E-state index is -0.497. The molecule has 2 atom stereocenters. The molecule has 0 spiro atoms. The molecular weight excluding hydrogens is 364 g/mol. The van der Waals surface area contributed by atoms with Crippen LogP contribution >= 0.6 is 0 Å². The van der Waals surface area contributed by atoms with E-state index in [1.807, 2.05) is 42.5 Å². The van der Waals surface area contributed by atoms with Gasteiger partial charge in [0.25, 0.3) is 0 Å². The molecule has 4 heteroatoms. The summed E-state index contributed by atoms with van der Waals surface area (Å²) in [5.41, 5.74) is 1.39. The van der Waals surface area contributed by atoms with Gasteiger partial charge in [-0.05, 0) is 42.8 Å². The maximum absolute atomic E-state index is 13.2. The van der Waals surface area contributed by atoms with Crippen LogP contribution in [0.1, 0.15) is 30.9 Å². The maximum Gasteiger partial charge on any atom is 0.343 e. The van der Waals surface area contributed by atoms with Gasteiger partial charge in [0.05, 0.1) is 17.6 Å². The van der Waals surface area contributed by atoms with Crippen LogP contribution in [0, 0.1) is 5.92 Å². The Bertz CT molecular complexity index is 1350. The lowest BCUT2D eigenvalue weighted by atomic mass is 9.69. The highest BCUT2D eigenvalue weighted by molar-refractivity contribution is 5.90. The van der Waals surface area contributed by atoms with Crippen molar-refractivity contribution in [3.05, 3.63) is 82.2 Å². The number of benzene rings is 3. The first kappa shape index (κ1) is 16.7. The second-order valence-corrected chi connectivity index (χ2v) is 8.43. The minimum Gasteiger partial charge on any atom is -0.493 e. The average Bonchev–Trinajstić information content (AvgIpc) is 2.72. The Morgan fingerprint density at radius 3 is 2.52 bits per heavy atom. The Morgan fingerprint density at radius 2 is 1.66 bits per heavy atom. The van der Waals surface area contributed by atoms with Gasteiger partial charge in [-0.2, -0.15) is 0 Å². The Balaban J connectivity index is 1.76. The number of fused-ring (bicyclic) bond motifs is 9. The SMILES string of the molecule is CC1(C)Oc2c(c(=O)oc3ccccc23)[C@@H]2c3c(ccc4ccccc34)OC[C@@H]21. The summed E-state index contributed by atoms with van der Waals surface area (Å²) in [6, 6.07) is 19.9. The largest absolute Gasteiger partial charge is 0.493 e. The molecule has 0 saturated carbocycles. The van der Waals surface area contributed by atoms with E-state index >= 15 is 0 Å². The number of hydrogen-bond acceptors (Lipinski definition) is 4. The van der Waals surface area contributed by atoms with Gasteiger partial charge < -0.3 is 13.9 Å². The molecule has 0 amide bonds. The highest BCUT2D eigenvalue weighted by atomic mass is 16.5. The average molecular weight is 384 g/mol. The van der Waals surface area contributed by atoms with Crippen molar-refractivity contribution in [1.82, 2.24) is 0 Å². The molecule has 144 valence electrons. The predicted molar refractivity (Wildman–Crippen MR) is 112 cm³/mol. The van der Waals surface area contributed by atoms with E-state index in [0.717, 1.165) is 27.5 Å². The van der Waals surface area contributed by atoms with E-state index in [-0.39, 0.29) is 17.5 Å². The monoisotopic (exact) mass is 384 g/mol. The number of hydrogen-bond donors (Lipinski definition) is 0. The molecule has 0 unspecified atom stereocenters. The molecule has 0 aliphatic carbocycles. The molecule has 0 bridgehead atoms. The first-order valence-corrected chi connectivity index (χ1v) is 9.94. The van der Waals surface area contributed by atoms with Crippen molar-refractivity contribution >= 4 is 21.7 Å². The summed E-state index contributed by atoms with van der Waals surface area (Å²) in [6.45, 7) is 4.65. The third kappa shape index (κ3) is 2.23. The summed E-state index contributed by atoms with van der Waals surface area (Å²) in [5.74, 6) is 1.33. The molecule has 2 aliphatic heterocycles. The zero-order valence-corrected chi connectivity index (χ0v) is 16.3. The third-order valence-corrected chi connectivity index (χ3v) is 6.43. The fraction of sp³-hybridized carbons (Fsp3) is 0.240. The third-order valence-electron chi connectivity index (χ3n) is 6.43. The lowest BCUT2D eigenvalue weighted by molar-refractivity contribution is -0.0132. The molecule has 29 heavy (non-hydrogen) atoms. The summed E-state index contributed by atoms with van der Waals surface area (Å²) in [4.78, 5) is 13.2. The summed E-state index contributed by atoms with van der Waals surface area (Å²) < 4.78 is 18.4. The molecule has 3 heterocycles. The topological polar surface area (TPSA) is 48.7 Å². The molecule has 0 saturated heterocycles. The van der Waals surface area contributed by atoms with Crippen molar-refractivity contribution in [2.75, 3.05) is 6.61 Å². The number of rotatable bonds is 0. The molecule has 4 nitrogen and oxygen atoms in total. The number of ether oxygens (including phenoxy) is 2. The van der Waals surface area contributed by atoms with Crippen molar-refractivity contribution in [3.63, 3.8) is 0 Å². The normalized spacial score (nSPS) is 21.6. The highest BCUT2D eigenvalue weighted by Gasteiger charge is 2.50. The second-order valence-electron chi connectivity index (χ2n) is 8.43. The van der Waals surface area contributed by atoms with Gasteiger partial charge in [0, 0.05) is 17.4 Å². The van der Waals surface area contributed by atoms with Crippen LogP contribution in [0.15, 0.2) is 69.9 Å². The summed E-state index contributed by atoms with van der Waals surface area (Å²) >= 11 is 0. The van der Waals surface area contributed by atoms with Crippen molar-refractivity contribution < 1.29 is 13.9 Å². The molecular formula is C25H20O4. The first-order valence-electron chi connectivity index (χ1n) is 9.94. The molecule has 0 radical (unpaired) electrons. The zero-order chi connectivity index (χ0) is 19.8. The van der Waals surface area contributed by atoms with Crippen LogP contribution in [0.25, 0.3) is 21.7 Å². The summed E-state index contributed by atoms with van der Waals surface area (Å²) in [7, 11) is 0. The molecule has 1 aromatic heterocycles. The summed E-state index contributed by atoms with van der Waals surface area (Å²) in [5, 5.41) is 3.07. The molecule has 2 aliphatic rings. The Kier molecular flexibility index (Phi) is 3.24. The Hall–Kier alpha value is -3.27. The van der Waals surface area contributed by atoms with Gasteiger partial charge in [0.1, 0.15) is 22.7 Å². The van der Waals surface area contributed by atoms with Crippen molar-refractivity contribution in [3.8, 4) is 11.5 Å². The molecule has 6 rings (SSSR count). The van der Waals surface area contributed by atoms with E-state index in [2.05, 4.69) is 32.0 Å². The van der Waals surface area contributed by atoms with Crippen LogP contribution < -0.4 is 15.1 Å². The van der Waals surface area contributed by atoms with E-state index in [1.54, 1.807) is 0 Å². The van der Waals surface area contributed by atoms with Crippen molar-refractivity contribution in [1.29, 1.82) is 0 Å². The quantitative estimate of drug-likeness (QED) is 0.388. The van der Waals surface area contributed by atoms with Gasteiger partial charge >= 0.3 is 5.63 Å². The Labute approximate surface area is 167 Å². The number of para-hydroxylation sites is 1. The van der Waals surface area contributed by atoms with Crippen LogP contribution in [0.3, 0.4) is 0 Å². The molecule has 3 aromatic carbocycles.